The predicted octanol–water partition coefficient (Wildman–Crippen LogP) is 2.50. The first kappa shape index (κ1) is 17.2. The van der Waals surface area contributed by atoms with Crippen molar-refractivity contribution in [2.75, 3.05) is 13.6 Å². The van der Waals surface area contributed by atoms with Gasteiger partial charge in [-0.3, -0.25) is 15.0 Å². The van der Waals surface area contributed by atoms with Crippen LogP contribution in [-0.4, -0.2) is 30.4 Å². The smallest absolute Gasteiger partial charge is 0.321 e. The van der Waals surface area contributed by atoms with Crippen molar-refractivity contribution in [1.29, 1.82) is 0 Å². The lowest BCUT2D eigenvalue weighted by molar-refractivity contribution is -0.120. The molecule has 1 aromatic carbocycles. The summed E-state index contributed by atoms with van der Waals surface area (Å²) in [7, 11) is 1.82. The number of hydrogen-bond acceptors (Lipinski definition) is 4. The van der Waals surface area contributed by atoms with Crippen LogP contribution in [0.2, 0.25) is 0 Å². The van der Waals surface area contributed by atoms with Crippen molar-refractivity contribution in [3.05, 3.63) is 58.5 Å². The average Bonchev–Trinajstić information content (AvgIpc) is 3.00. The molecular formula is C16H18BrN3O3. The lowest BCUT2D eigenvalue weighted by atomic mass is 10.2. The maximum absolute atomic E-state index is 11.8. The molecule has 0 fully saturated rings. The van der Waals surface area contributed by atoms with Gasteiger partial charge in [0.1, 0.15) is 5.76 Å². The molecule has 6 nitrogen and oxygen atoms in total. The van der Waals surface area contributed by atoms with Crippen molar-refractivity contribution in [2.24, 2.45) is 0 Å². The van der Waals surface area contributed by atoms with E-state index < -0.39 is 6.03 Å². The highest BCUT2D eigenvalue weighted by Crippen LogP contribution is 2.11. The molecule has 1 heterocycles. The molecule has 2 N–H and O–H groups in total. The summed E-state index contributed by atoms with van der Waals surface area (Å²) in [6.45, 7) is 0.986. The number of halogens is 1. The summed E-state index contributed by atoms with van der Waals surface area (Å²) in [4.78, 5) is 25.3. The number of nitrogens with zero attached hydrogens (tertiary/aromatic N) is 1. The molecule has 0 aliphatic carbocycles. The minimum atomic E-state index is -0.538. The third kappa shape index (κ3) is 6.25. The Morgan fingerprint density at radius 1 is 1.22 bits per heavy atom. The number of nitrogens with one attached hydrogen (secondary N) is 2. The molecular weight excluding hydrogens is 362 g/mol. The van der Waals surface area contributed by atoms with Gasteiger partial charge in [0.2, 0.25) is 5.91 Å². The molecule has 2 rings (SSSR count). The van der Waals surface area contributed by atoms with Crippen molar-refractivity contribution < 1.29 is 14.0 Å². The third-order valence-electron chi connectivity index (χ3n) is 3.04. The zero-order valence-corrected chi connectivity index (χ0v) is 14.3. The van der Waals surface area contributed by atoms with Crippen molar-refractivity contribution in [3.63, 3.8) is 0 Å². The number of urea groups is 1. The van der Waals surface area contributed by atoms with Crippen LogP contribution in [-0.2, 0) is 17.9 Å². The highest BCUT2D eigenvalue weighted by atomic mass is 79.9. The summed E-state index contributed by atoms with van der Waals surface area (Å²) >= 11 is 3.38. The average molecular weight is 380 g/mol. The van der Waals surface area contributed by atoms with E-state index in [1.807, 2.05) is 36.2 Å². The fourth-order valence-corrected chi connectivity index (χ4v) is 2.26. The van der Waals surface area contributed by atoms with Crippen LogP contribution in [0.15, 0.2) is 51.6 Å². The summed E-state index contributed by atoms with van der Waals surface area (Å²) < 4.78 is 6.10. The van der Waals surface area contributed by atoms with Gasteiger partial charge in [-0.15, -0.1) is 0 Å². The topological polar surface area (TPSA) is 74.6 Å². The molecule has 7 heteroatoms. The first-order chi connectivity index (χ1) is 11.0. The molecule has 0 unspecified atom stereocenters. The highest BCUT2D eigenvalue weighted by molar-refractivity contribution is 9.10. The highest BCUT2D eigenvalue weighted by Gasteiger charge is 2.11. The second kappa shape index (κ2) is 8.50. The number of likely N-dealkylation sites (N-methyl/N-ethyl adjacent to an activating group) is 1. The van der Waals surface area contributed by atoms with Gasteiger partial charge in [0.25, 0.3) is 0 Å². The second-order valence-electron chi connectivity index (χ2n) is 5.11. The Morgan fingerprint density at radius 2 is 1.96 bits per heavy atom. The lowest BCUT2D eigenvalue weighted by Gasteiger charge is -2.16. The number of rotatable bonds is 6. The van der Waals surface area contributed by atoms with Crippen molar-refractivity contribution in [2.45, 2.75) is 13.1 Å². The largest absolute Gasteiger partial charge is 0.467 e. The minimum absolute atomic E-state index is 0.129. The molecule has 0 bridgehead atoms. The Hall–Kier alpha value is -2.12. The van der Waals surface area contributed by atoms with E-state index in [-0.39, 0.29) is 19.0 Å². The van der Waals surface area contributed by atoms with Crippen LogP contribution < -0.4 is 10.6 Å². The van der Waals surface area contributed by atoms with Gasteiger partial charge in [-0.25, -0.2) is 4.79 Å². The first-order valence-electron chi connectivity index (χ1n) is 7.06. The van der Waals surface area contributed by atoms with Gasteiger partial charge < -0.3 is 9.73 Å². The molecule has 0 aliphatic rings. The van der Waals surface area contributed by atoms with E-state index >= 15 is 0 Å². The van der Waals surface area contributed by atoms with Crippen LogP contribution in [0.5, 0.6) is 0 Å². The standard InChI is InChI=1S/C16H18BrN3O3/c1-20(10-12-4-6-13(17)7-5-12)11-15(21)19-16(22)18-9-14-3-2-8-23-14/h2-8H,9-11H2,1H3,(H2,18,19,21,22). The van der Waals surface area contributed by atoms with Crippen LogP contribution in [0.4, 0.5) is 4.79 Å². The van der Waals surface area contributed by atoms with E-state index in [0.29, 0.717) is 12.3 Å². The summed E-state index contributed by atoms with van der Waals surface area (Å²) in [6, 6.07) is 10.8. The molecule has 0 saturated carbocycles. The van der Waals surface area contributed by atoms with Crippen molar-refractivity contribution in [3.8, 4) is 0 Å². The zero-order chi connectivity index (χ0) is 16.7. The van der Waals surface area contributed by atoms with Gasteiger partial charge in [0.05, 0.1) is 19.4 Å². The summed E-state index contributed by atoms with van der Waals surface area (Å²) in [6.07, 6.45) is 1.52. The molecule has 1 aromatic heterocycles. The van der Waals surface area contributed by atoms with Gasteiger partial charge >= 0.3 is 6.03 Å². The molecule has 3 amide bonds. The molecule has 23 heavy (non-hydrogen) atoms. The number of furan rings is 1. The van der Waals surface area contributed by atoms with Gasteiger partial charge in [0, 0.05) is 11.0 Å². The van der Waals surface area contributed by atoms with E-state index in [2.05, 4.69) is 26.6 Å². The van der Waals surface area contributed by atoms with E-state index in [1.54, 1.807) is 12.1 Å². The second-order valence-corrected chi connectivity index (χ2v) is 6.02. The van der Waals surface area contributed by atoms with Crippen LogP contribution in [0.1, 0.15) is 11.3 Å². The van der Waals surface area contributed by atoms with Crippen molar-refractivity contribution >= 4 is 27.9 Å². The van der Waals surface area contributed by atoms with E-state index in [0.717, 1.165) is 10.0 Å². The van der Waals surface area contributed by atoms with Crippen LogP contribution >= 0.6 is 15.9 Å². The molecule has 2 aromatic rings. The maximum atomic E-state index is 11.8. The predicted molar refractivity (Wildman–Crippen MR) is 89.6 cm³/mol. The maximum Gasteiger partial charge on any atom is 0.321 e. The summed E-state index contributed by atoms with van der Waals surface area (Å²) in [5.74, 6) is 0.265. The normalized spacial score (nSPS) is 10.6. The third-order valence-corrected chi connectivity index (χ3v) is 3.56. The van der Waals surface area contributed by atoms with Crippen LogP contribution in [0, 0.1) is 0 Å². The number of carbonyl (C=O) groups is 2. The van der Waals surface area contributed by atoms with Gasteiger partial charge in [-0.1, -0.05) is 28.1 Å². The zero-order valence-electron chi connectivity index (χ0n) is 12.7. The SMILES string of the molecule is CN(CC(=O)NC(=O)NCc1ccco1)Cc1ccc(Br)cc1. The Kier molecular flexibility index (Phi) is 6.37. The molecule has 122 valence electrons. The Bertz CT molecular complexity index is 641. The number of carbonyl (C=O) groups excluding carboxylic acids is 2. The molecule has 0 saturated heterocycles. The quantitative estimate of drug-likeness (QED) is 0.808. The van der Waals surface area contributed by atoms with Crippen LogP contribution in [0.3, 0.4) is 0 Å². The molecule has 0 radical (unpaired) electrons. The fourth-order valence-electron chi connectivity index (χ4n) is 1.99. The fraction of sp³-hybridized carbons (Fsp3) is 0.250. The van der Waals surface area contributed by atoms with Gasteiger partial charge in [-0.05, 0) is 36.9 Å². The molecule has 0 aliphatic heterocycles. The Balaban J connectivity index is 1.70. The minimum Gasteiger partial charge on any atom is -0.467 e. The van der Waals surface area contributed by atoms with Crippen LogP contribution in [0.25, 0.3) is 0 Å². The molecule has 0 spiro atoms. The number of benzene rings is 1. The summed E-state index contributed by atoms with van der Waals surface area (Å²) in [5, 5.41) is 4.85. The monoisotopic (exact) mass is 379 g/mol. The Morgan fingerprint density at radius 3 is 2.61 bits per heavy atom. The summed E-state index contributed by atoms with van der Waals surface area (Å²) in [5.41, 5.74) is 1.09. The first-order valence-corrected chi connectivity index (χ1v) is 7.85. The van der Waals surface area contributed by atoms with Gasteiger partial charge in [-0.2, -0.15) is 0 Å². The lowest BCUT2D eigenvalue weighted by Crippen LogP contribution is -2.43. The number of amides is 3. The van der Waals surface area contributed by atoms with Crippen molar-refractivity contribution in [1.82, 2.24) is 15.5 Å². The van der Waals surface area contributed by atoms with E-state index in [1.165, 1.54) is 6.26 Å². The number of imide groups is 1. The van der Waals surface area contributed by atoms with Gasteiger partial charge in [0.15, 0.2) is 0 Å². The molecule has 0 atom stereocenters. The number of hydrogen-bond donors (Lipinski definition) is 2. The van der Waals surface area contributed by atoms with E-state index in [9.17, 15) is 9.59 Å². The van der Waals surface area contributed by atoms with E-state index in [4.69, 9.17) is 4.42 Å². The Labute approximate surface area is 143 Å².